The van der Waals surface area contributed by atoms with Crippen molar-refractivity contribution in [2.75, 3.05) is 0 Å². The van der Waals surface area contributed by atoms with Crippen molar-refractivity contribution in [3.63, 3.8) is 0 Å². The van der Waals surface area contributed by atoms with Gasteiger partial charge < -0.3 is 4.74 Å². The monoisotopic (exact) mass is 206 g/mol. The van der Waals surface area contributed by atoms with E-state index >= 15 is 0 Å². The Balaban J connectivity index is 2.17. The molecule has 2 heteroatoms. The highest BCUT2D eigenvalue weighted by Gasteiger charge is 2.25. The summed E-state index contributed by atoms with van der Waals surface area (Å²) in [6.45, 7) is 0. The highest BCUT2D eigenvalue weighted by atomic mass is 35.5. The maximum atomic E-state index is 5.97. The zero-order valence-electron chi connectivity index (χ0n) is 7.79. The van der Waals surface area contributed by atoms with E-state index < -0.39 is 0 Å². The van der Waals surface area contributed by atoms with Crippen LogP contribution in [0.3, 0.4) is 0 Å². The van der Waals surface area contributed by atoms with E-state index in [1.54, 1.807) is 0 Å². The molecule has 0 amide bonds. The maximum Gasteiger partial charge on any atom is 0.127 e. The van der Waals surface area contributed by atoms with Gasteiger partial charge in [-0.1, -0.05) is 17.7 Å². The predicted molar refractivity (Wildman–Crippen MR) is 57.7 cm³/mol. The summed E-state index contributed by atoms with van der Waals surface area (Å²) in [6.07, 6.45) is 6.03. The van der Waals surface area contributed by atoms with Crippen LogP contribution in [0.15, 0.2) is 24.3 Å². The van der Waals surface area contributed by atoms with Gasteiger partial charge in [0.25, 0.3) is 0 Å². The number of fused-ring (bicyclic) bond motifs is 4. The molecular formula is C12H11ClO. The van der Waals surface area contributed by atoms with Crippen LogP contribution in [0.4, 0.5) is 0 Å². The molecule has 1 aliphatic heterocycles. The maximum absolute atomic E-state index is 5.97. The standard InChI is InChI=1S/C12H11ClO/c13-9-4-5-12-11(7-9)8-2-1-3-10(6-8)14-12/h2,4-5,7,10H,1,3,6H2. The van der Waals surface area contributed by atoms with Crippen molar-refractivity contribution in [3.8, 4) is 5.75 Å². The second-order valence-electron chi connectivity index (χ2n) is 3.89. The SMILES string of the molecule is Clc1ccc2c(c1)C1=CCCC(C1)O2. The van der Waals surface area contributed by atoms with E-state index in [1.807, 2.05) is 18.2 Å². The Hall–Kier alpha value is -0.950. The van der Waals surface area contributed by atoms with Gasteiger partial charge in [0.2, 0.25) is 0 Å². The Morgan fingerprint density at radius 3 is 3.21 bits per heavy atom. The van der Waals surface area contributed by atoms with Crippen LogP contribution in [0.2, 0.25) is 5.02 Å². The fourth-order valence-corrected chi connectivity index (χ4v) is 2.40. The van der Waals surface area contributed by atoms with Gasteiger partial charge in [0, 0.05) is 17.0 Å². The quantitative estimate of drug-likeness (QED) is 0.630. The molecule has 2 aliphatic rings. The lowest BCUT2D eigenvalue weighted by atomic mass is 9.89. The van der Waals surface area contributed by atoms with E-state index in [9.17, 15) is 0 Å². The second-order valence-corrected chi connectivity index (χ2v) is 4.33. The number of ether oxygens (including phenoxy) is 1. The number of allylic oxidation sites excluding steroid dienone is 1. The first-order chi connectivity index (χ1) is 6.83. The molecule has 1 nitrogen and oxygen atoms in total. The molecule has 0 fully saturated rings. The van der Waals surface area contributed by atoms with E-state index in [1.165, 1.54) is 11.1 Å². The Morgan fingerprint density at radius 1 is 1.36 bits per heavy atom. The smallest absolute Gasteiger partial charge is 0.127 e. The van der Waals surface area contributed by atoms with Crippen molar-refractivity contribution >= 4 is 17.2 Å². The molecule has 2 bridgehead atoms. The zero-order chi connectivity index (χ0) is 9.54. The minimum atomic E-state index is 0.392. The summed E-state index contributed by atoms with van der Waals surface area (Å²) in [6, 6.07) is 5.87. The Bertz CT molecular complexity index is 409. The summed E-state index contributed by atoms with van der Waals surface area (Å²) < 4.78 is 5.86. The molecule has 0 saturated heterocycles. The lowest BCUT2D eigenvalue weighted by molar-refractivity contribution is 0.184. The molecule has 1 aromatic carbocycles. The minimum absolute atomic E-state index is 0.392. The Labute approximate surface area is 88.3 Å². The van der Waals surface area contributed by atoms with Crippen molar-refractivity contribution in [3.05, 3.63) is 34.9 Å². The first-order valence-electron chi connectivity index (χ1n) is 4.98. The van der Waals surface area contributed by atoms with E-state index in [4.69, 9.17) is 16.3 Å². The van der Waals surface area contributed by atoms with Crippen molar-refractivity contribution in [1.82, 2.24) is 0 Å². The number of benzene rings is 1. The van der Waals surface area contributed by atoms with Gasteiger partial charge in [0.15, 0.2) is 0 Å². The molecule has 1 aliphatic carbocycles. The summed E-state index contributed by atoms with van der Waals surface area (Å²) in [4.78, 5) is 0. The van der Waals surface area contributed by atoms with Crippen LogP contribution in [0, 0.1) is 0 Å². The molecule has 0 aromatic heterocycles. The third-order valence-corrected chi connectivity index (χ3v) is 3.14. The van der Waals surface area contributed by atoms with E-state index in [2.05, 4.69) is 6.08 Å². The van der Waals surface area contributed by atoms with Gasteiger partial charge in [-0.05, 0) is 36.6 Å². The van der Waals surface area contributed by atoms with Crippen LogP contribution < -0.4 is 4.74 Å². The van der Waals surface area contributed by atoms with Gasteiger partial charge in [-0.25, -0.2) is 0 Å². The predicted octanol–water partition coefficient (Wildman–Crippen LogP) is 3.67. The van der Waals surface area contributed by atoms with Gasteiger partial charge in [-0.3, -0.25) is 0 Å². The van der Waals surface area contributed by atoms with Gasteiger partial charge in [-0.15, -0.1) is 0 Å². The van der Waals surface area contributed by atoms with Crippen molar-refractivity contribution in [1.29, 1.82) is 0 Å². The minimum Gasteiger partial charge on any atom is -0.489 e. The van der Waals surface area contributed by atoms with Crippen molar-refractivity contribution in [2.24, 2.45) is 0 Å². The molecule has 14 heavy (non-hydrogen) atoms. The summed E-state index contributed by atoms with van der Waals surface area (Å²) in [5.74, 6) is 0.997. The van der Waals surface area contributed by atoms with Crippen LogP contribution in [0.5, 0.6) is 5.75 Å². The third-order valence-electron chi connectivity index (χ3n) is 2.91. The molecule has 0 saturated carbocycles. The summed E-state index contributed by atoms with van der Waals surface area (Å²) in [5.41, 5.74) is 2.60. The van der Waals surface area contributed by atoms with Gasteiger partial charge in [0.1, 0.15) is 11.9 Å². The molecule has 0 N–H and O–H groups in total. The van der Waals surface area contributed by atoms with Crippen LogP contribution >= 0.6 is 11.6 Å². The average molecular weight is 207 g/mol. The zero-order valence-corrected chi connectivity index (χ0v) is 8.55. The first kappa shape index (κ1) is 8.37. The molecule has 1 aromatic rings. The average Bonchev–Trinajstić information content (AvgIpc) is 2.20. The molecule has 0 spiro atoms. The van der Waals surface area contributed by atoms with E-state index in [0.717, 1.165) is 30.0 Å². The highest BCUT2D eigenvalue weighted by Crippen LogP contribution is 2.40. The van der Waals surface area contributed by atoms with Gasteiger partial charge >= 0.3 is 0 Å². The molecule has 0 radical (unpaired) electrons. The Kier molecular flexibility index (Phi) is 1.81. The largest absolute Gasteiger partial charge is 0.489 e. The van der Waals surface area contributed by atoms with E-state index in [0.29, 0.717) is 6.10 Å². The number of hydrogen-bond donors (Lipinski definition) is 0. The van der Waals surface area contributed by atoms with Gasteiger partial charge in [-0.2, -0.15) is 0 Å². The molecule has 3 rings (SSSR count). The van der Waals surface area contributed by atoms with Gasteiger partial charge in [0.05, 0.1) is 0 Å². The van der Waals surface area contributed by atoms with Crippen LogP contribution in [-0.2, 0) is 0 Å². The topological polar surface area (TPSA) is 9.23 Å². The molecule has 1 unspecified atom stereocenters. The summed E-state index contributed by atoms with van der Waals surface area (Å²) in [5, 5.41) is 0.789. The van der Waals surface area contributed by atoms with Crippen LogP contribution in [0.1, 0.15) is 24.8 Å². The van der Waals surface area contributed by atoms with Crippen LogP contribution in [0.25, 0.3) is 5.57 Å². The number of hydrogen-bond acceptors (Lipinski definition) is 1. The van der Waals surface area contributed by atoms with Crippen molar-refractivity contribution < 1.29 is 4.74 Å². The number of rotatable bonds is 0. The number of halogens is 1. The lowest BCUT2D eigenvalue weighted by Gasteiger charge is -2.31. The third kappa shape index (κ3) is 1.24. The normalized spacial score (nSPS) is 23.5. The van der Waals surface area contributed by atoms with Crippen LogP contribution in [-0.4, -0.2) is 6.10 Å². The highest BCUT2D eigenvalue weighted by molar-refractivity contribution is 6.30. The van der Waals surface area contributed by atoms with Crippen molar-refractivity contribution in [2.45, 2.75) is 25.4 Å². The molecule has 72 valence electrons. The fraction of sp³-hybridized carbons (Fsp3) is 0.333. The second kappa shape index (κ2) is 3.03. The van der Waals surface area contributed by atoms with E-state index in [-0.39, 0.29) is 0 Å². The fourth-order valence-electron chi connectivity index (χ4n) is 2.23. The Morgan fingerprint density at radius 2 is 2.29 bits per heavy atom. The molecular weight excluding hydrogens is 196 g/mol. The molecule has 1 heterocycles. The summed E-state index contributed by atoms with van der Waals surface area (Å²) in [7, 11) is 0. The first-order valence-corrected chi connectivity index (χ1v) is 5.36. The lowest BCUT2D eigenvalue weighted by Crippen LogP contribution is -2.24. The molecule has 1 atom stereocenters. The summed E-state index contributed by atoms with van der Waals surface area (Å²) >= 11 is 5.97.